The number of nitrogens with one attached hydrogen (secondary N) is 1. The van der Waals surface area contributed by atoms with Gasteiger partial charge in [-0.05, 0) is 51.1 Å². The van der Waals surface area contributed by atoms with E-state index in [0.29, 0.717) is 18.8 Å². The molecule has 2 amide bonds. The predicted octanol–water partition coefficient (Wildman–Crippen LogP) is 3.09. The van der Waals surface area contributed by atoms with E-state index in [1.165, 1.54) is 4.31 Å². The normalized spacial score (nSPS) is 15.3. The Bertz CT molecular complexity index is 1230. The van der Waals surface area contributed by atoms with Crippen LogP contribution >= 0.6 is 0 Å². The van der Waals surface area contributed by atoms with Crippen molar-refractivity contribution in [3.8, 4) is 0 Å². The Morgan fingerprint density at radius 2 is 1.48 bits per heavy atom. The van der Waals surface area contributed by atoms with Crippen molar-refractivity contribution in [2.24, 2.45) is 0 Å². The lowest BCUT2D eigenvalue weighted by atomic mass is 10.2. The molecule has 0 spiro atoms. The Labute approximate surface area is 182 Å². The molecule has 0 unspecified atom stereocenters. The van der Waals surface area contributed by atoms with E-state index in [1.54, 1.807) is 41.3 Å². The lowest BCUT2D eigenvalue weighted by molar-refractivity contribution is 0.184. The van der Waals surface area contributed by atoms with Crippen molar-refractivity contribution in [2.45, 2.75) is 25.7 Å². The SMILES string of the molecule is Cc1ccc(S(=O)(=O)N2CCN(C(=O)Nc3ccc4nc(C)c(C)nc4c3)CC2)cc1. The summed E-state index contributed by atoms with van der Waals surface area (Å²) in [5.41, 5.74) is 4.85. The van der Waals surface area contributed by atoms with E-state index < -0.39 is 10.0 Å². The Kier molecular flexibility index (Phi) is 5.63. The number of carbonyl (C=O) groups is 1. The molecule has 0 saturated carbocycles. The van der Waals surface area contributed by atoms with E-state index in [-0.39, 0.29) is 24.0 Å². The van der Waals surface area contributed by atoms with Crippen LogP contribution in [0.25, 0.3) is 11.0 Å². The van der Waals surface area contributed by atoms with Crippen LogP contribution in [0.3, 0.4) is 0 Å². The average Bonchev–Trinajstić information content (AvgIpc) is 2.75. The number of rotatable bonds is 3. The lowest BCUT2D eigenvalue weighted by Crippen LogP contribution is -2.51. The molecule has 1 fully saturated rings. The molecule has 1 N–H and O–H groups in total. The van der Waals surface area contributed by atoms with Gasteiger partial charge in [0, 0.05) is 31.9 Å². The van der Waals surface area contributed by atoms with Crippen molar-refractivity contribution in [3.05, 3.63) is 59.4 Å². The van der Waals surface area contributed by atoms with Gasteiger partial charge in [0.25, 0.3) is 0 Å². The quantitative estimate of drug-likeness (QED) is 0.677. The molecule has 1 aliphatic rings. The molecule has 31 heavy (non-hydrogen) atoms. The van der Waals surface area contributed by atoms with Gasteiger partial charge in [-0.2, -0.15) is 4.31 Å². The molecule has 0 aliphatic carbocycles. The van der Waals surface area contributed by atoms with E-state index in [1.807, 2.05) is 26.8 Å². The van der Waals surface area contributed by atoms with Gasteiger partial charge in [0.15, 0.2) is 0 Å². The van der Waals surface area contributed by atoms with Crippen LogP contribution in [0, 0.1) is 20.8 Å². The van der Waals surface area contributed by atoms with Crippen molar-refractivity contribution in [1.82, 2.24) is 19.2 Å². The molecule has 0 atom stereocenters. The van der Waals surface area contributed by atoms with Gasteiger partial charge in [0.2, 0.25) is 10.0 Å². The number of carbonyl (C=O) groups excluding carboxylic acids is 1. The summed E-state index contributed by atoms with van der Waals surface area (Å²) >= 11 is 0. The summed E-state index contributed by atoms with van der Waals surface area (Å²) in [6.45, 7) is 6.88. The number of nitrogens with zero attached hydrogens (tertiary/aromatic N) is 4. The third-order valence-corrected chi connectivity index (χ3v) is 7.42. The second-order valence-electron chi connectivity index (χ2n) is 7.73. The van der Waals surface area contributed by atoms with Gasteiger partial charge in [-0.3, -0.25) is 0 Å². The van der Waals surface area contributed by atoms with Gasteiger partial charge in [0.05, 0.1) is 27.3 Å². The zero-order chi connectivity index (χ0) is 22.2. The van der Waals surface area contributed by atoms with E-state index in [0.717, 1.165) is 28.0 Å². The minimum Gasteiger partial charge on any atom is -0.322 e. The standard InChI is InChI=1S/C22H25N5O3S/c1-15-4-7-19(8-5-15)31(29,30)27-12-10-26(11-13-27)22(28)25-18-6-9-20-21(14-18)24-17(3)16(2)23-20/h4-9,14H,10-13H2,1-3H3,(H,25,28). The van der Waals surface area contributed by atoms with E-state index in [4.69, 9.17) is 0 Å². The van der Waals surface area contributed by atoms with E-state index >= 15 is 0 Å². The molecule has 0 bridgehead atoms. The summed E-state index contributed by atoms with van der Waals surface area (Å²) < 4.78 is 27.1. The molecule has 9 heteroatoms. The Morgan fingerprint density at radius 3 is 2.13 bits per heavy atom. The molecule has 1 saturated heterocycles. The number of benzene rings is 2. The van der Waals surface area contributed by atoms with Crippen LogP contribution in [0.2, 0.25) is 0 Å². The van der Waals surface area contributed by atoms with Crippen molar-refractivity contribution >= 4 is 32.8 Å². The van der Waals surface area contributed by atoms with Gasteiger partial charge >= 0.3 is 6.03 Å². The highest BCUT2D eigenvalue weighted by Crippen LogP contribution is 2.20. The second-order valence-corrected chi connectivity index (χ2v) is 9.67. The van der Waals surface area contributed by atoms with Crippen molar-refractivity contribution in [3.63, 3.8) is 0 Å². The summed E-state index contributed by atoms with van der Waals surface area (Å²) in [5, 5.41) is 2.88. The van der Waals surface area contributed by atoms with Crippen LogP contribution in [-0.4, -0.2) is 59.8 Å². The van der Waals surface area contributed by atoms with Gasteiger partial charge < -0.3 is 10.2 Å². The monoisotopic (exact) mass is 439 g/mol. The second kappa shape index (κ2) is 8.24. The van der Waals surface area contributed by atoms with Gasteiger partial charge in [0.1, 0.15) is 0 Å². The molecule has 2 heterocycles. The van der Waals surface area contributed by atoms with Crippen molar-refractivity contribution in [1.29, 1.82) is 0 Å². The van der Waals surface area contributed by atoms with Crippen LogP contribution in [0.1, 0.15) is 17.0 Å². The summed E-state index contributed by atoms with van der Waals surface area (Å²) in [5.74, 6) is 0. The molecule has 1 aromatic heterocycles. The summed E-state index contributed by atoms with van der Waals surface area (Å²) in [6.07, 6.45) is 0. The molecule has 0 radical (unpaired) electrons. The first-order valence-electron chi connectivity index (χ1n) is 10.1. The number of aryl methyl sites for hydroxylation is 3. The highest BCUT2D eigenvalue weighted by molar-refractivity contribution is 7.89. The third-order valence-electron chi connectivity index (χ3n) is 5.51. The molecular weight excluding hydrogens is 414 g/mol. The molecule has 3 aromatic rings. The molecule has 2 aromatic carbocycles. The van der Waals surface area contributed by atoms with Gasteiger partial charge in [-0.15, -0.1) is 0 Å². The highest BCUT2D eigenvalue weighted by Gasteiger charge is 2.30. The Balaban J connectivity index is 1.41. The first kappa shape index (κ1) is 21.2. The maximum absolute atomic E-state index is 12.8. The molecule has 1 aliphatic heterocycles. The summed E-state index contributed by atoms with van der Waals surface area (Å²) in [6, 6.07) is 12.0. The average molecular weight is 440 g/mol. The number of anilines is 1. The Morgan fingerprint density at radius 1 is 0.871 bits per heavy atom. The first-order chi connectivity index (χ1) is 14.7. The lowest BCUT2D eigenvalue weighted by Gasteiger charge is -2.34. The largest absolute Gasteiger partial charge is 0.322 e. The predicted molar refractivity (Wildman–Crippen MR) is 120 cm³/mol. The number of hydrogen-bond acceptors (Lipinski definition) is 5. The Hall–Kier alpha value is -3.04. The maximum Gasteiger partial charge on any atom is 0.321 e. The third kappa shape index (κ3) is 4.38. The number of piperazine rings is 1. The van der Waals surface area contributed by atoms with Crippen LogP contribution in [0.4, 0.5) is 10.5 Å². The van der Waals surface area contributed by atoms with E-state index in [9.17, 15) is 13.2 Å². The fourth-order valence-corrected chi connectivity index (χ4v) is 4.92. The number of urea groups is 1. The molecule has 4 rings (SSSR count). The number of sulfonamides is 1. The van der Waals surface area contributed by atoms with Crippen molar-refractivity contribution < 1.29 is 13.2 Å². The number of hydrogen-bond donors (Lipinski definition) is 1. The van der Waals surface area contributed by atoms with Crippen molar-refractivity contribution in [2.75, 3.05) is 31.5 Å². The minimum atomic E-state index is -3.56. The number of amides is 2. The van der Waals surface area contributed by atoms with Crippen LogP contribution in [0.5, 0.6) is 0 Å². The van der Waals surface area contributed by atoms with E-state index in [2.05, 4.69) is 15.3 Å². The number of aromatic nitrogens is 2. The summed E-state index contributed by atoms with van der Waals surface area (Å²) in [4.78, 5) is 23.6. The molecular formula is C22H25N5O3S. The summed E-state index contributed by atoms with van der Waals surface area (Å²) in [7, 11) is -3.56. The van der Waals surface area contributed by atoms with Crippen LogP contribution in [-0.2, 0) is 10.0 Å². The fraction of sp³-hybridized carbons (Fsp3) is 0.318. The zero-order valence-electron chi connectivity index (χ0n) is 17.8. The molecule has 8 nitrogen and oxygen atoms in total. The topological polar surface area (TPSA) is 95.5 Å². The minimum absolute atomic E-state index is 0.255. The number of fused-ring (bicyclic) bond motifs is 1. The van der Waals surface area contributed by atoms with Crippen LogP contribution < -0.4 is 5.32 Å². The first-order valence-corrected chi connectivity index (χ1v) is 11.6. The zero-order valence-corrected chi connectivity index (χ0v) is 18.6. The molecule has 162 valence electrons. The highest BCUT2D eigenvalue weighted by atomic mass is 32.2. The van der Waals surface area contributed by atoms with Crippen LogP contribution in [0.15, 0.2) is 47.4 Å². The fourth-order valence-electron chi connectivity index (χ4n) is 3.50. The van der Waals surface area contributed by atoms with Gasteiger partial charge in [-0.25, -0.2) is 23.2 Å². The van der Waals surface area contributed by atoms with Gasteiger partial charge in [-0.1, -0.05) is 17.7 Å². The maximum atomic E-state index is 12.8. The smallest absolute Gasteiger partial charge is 0.321 e.